The maximum Gasteiger partial charge on any atom is 0.227 e. The van der Waals surface area contributed by atoms with E-state index in [0.29, 0.717) is 60.3 Å². The van der Waals surface area contributed by atoms with E-state index in [9.17, 15) is 9.18 Å². The van der Waals surface area contributed by atoms with Crippen molar-refractivity contribution in [3.05, 3.63) is 60.2 Å². The van der Waals surface area contributed by atoms with Gasteiger partial charge in [0.2, 0.25) is 5.91 Å². The summed E-state index contributed by atoms with van der Waals surface area (Å²) in [6.07, 6.45) is 1.73. The molecular formula is C24H24FN7O3. The number of piperazine rings is 1. The van der Waals surface area contributed by atoms with Crippen molar-refractivity contribution in [3.63, 3.8) is 0 Å². The number of ether oxygens (including phenoxy) is 2. The molecule has 10 nitrogen and oxygen atoms in total. The molecule has 35 heavy (non-hydrogen) atoms. The second kappa shape index (κ2) is 9.53. The molecule has 0 atom stereocenters. The zero-order chi connectivity index (χ0) is 24.4. The summed E-state index contributed by atoms with van der Waals surface area (Å²) >= 11 is 0. The Kier molecular flexibility index (Phi) is 6.13. The van der Waals surface area contributed by atoms with E-state index < -0.39 is 0 Å². The standard InChI is InChI=1S/C24H24FN7O3/c1-34-19-7-6-16(12-20(19)35-2)13-21(33)30-8-10-31(11-9-30)23-22-24(27-15-26-23)32(29-28-22)18-5-3-4-17(25)14-18/h3-7,12,14-15H,8-11,13H2,1-2H3. The van der Waals surface area contributed by atoms with Gasteiger partial charge in [0.25, 0.3) is 0 Å². The van der Waals surface area contributed by atoms with E-state index in [1.807, 2.05) is 17.0 Å². The van der Waals surface area contributed by atoms with Crippen molar-refractivity contribution in [1.29, 1.82) is 0 Å². The smallest absolute Gasteiger partial charge is 0.227 e. The lowest BCUT2D eigenvalue weighted by molar-refractivity contribution is -0.130. The Hall–Kier alpha value is -4.28. The number of anilines is 1. The maximum atomic E-state index is 13.7. The van der Waals surface area contributed by atoms with E-state index in [2.05, 4.69) is 25.2 Å². The Morgan fingerprint density at radius 2 is 1.80 bits per heavy atom. The van der Waals surface area contributed by atoms with Crippen molar-refractivity contribution in [1.82, 2.24) is 29.9 Å². The Balaban J connectivity index is 1.28. The lowest BCUT2D eigenvalue weighted by Crippen LogP contribution is -2.49. The number of benzene rings is 2. The Morgan fingerprint density at radius 3 is 2.54 bits per heavy atom. The molecule has 0 bridgehead atoms. The Labute approximate surface area is 200 Å². The lowest BCUT2D eigenvalue weighted by Gasteiger charge is -2.35. The van der Waals surface area contributed by atoms with E-state index in [1.54, 1.807) is 32.4 Å². The van der Waals surface area contributed by atoms with Crippen LogP contribution in [0.3, 0.4) is 0 Å². The summed E-state index contributed by atoms with van der Waals surface area (Å²) in [6, 6.07) is 11.6. The summed E-state index contributed by atoms with van der Waals surface area (Å²) in [7, 11) is 3.15. The predicted molar refractivity (Wildman–Crippen MR) is 126 cm³/mol. The molecule has 1 aliphatic rings. The number of halogens is 1. The molecule has 0 radical (unpaired) electrons. The number of aromatic nitrogens is 5. The van der Waals surface area contributed by atoms with E-state index in [0.717, 1.165) is 5.56 Å². The number of hydrogen-bond acceptors (Lipinski definition) is 8. The monoisotopic (exact) mass is 477 g/mol. The maximum absolute atomic E-state index is 13.7. The average molecular weight is 478 g/mol. The summed E-state index contributed by atoms with van der Waals surface area (Å²) in [5, 5.41) is 8.43. The van der Waals surface area contributed by atoms with Crippen LogP contribution in [-0.4, -0.2) is 76.2 Å². The summed E-state index contributed by atoms with van der Waals surface area (Å²) in [5.74, 6) is 1.55. The van der Waals surface area contributed by atoms with E-state index in [-0.39, 0.29) is 18.1 Å². The minimum atomic E-state index is -0.366. The van der Waals surface area contributed by atoms with Gasteiger partial charge >= 0.3 is 0 Å². The first-order valence-electron chi connectivity index (χ1n) is 11.1. The van der Waals surface area contributed by atoms with Crippen LogP contribution in [0.15, 0.2) is 48.8 Å². The number of rotatable bonds is 6. The van der Waals surface area contributed by atoms with Gasteiger partial charge in [-0.15, -0.1) is 5.10 Å². The summed E-state index contributed by atoms with van der Waals surface area (Å²) in [5.41, 5.74) is 2.42. The van der Waals surface area contributed by atoms with Crippen LogP contribution >= 0.6 is 0 Å². The van der Waals surface area contributed by atoms with Gasteiger partial charge in [-0.05, 0) is 35.9 Å². The molecule has 4 aromatic rings. The van der Waals surface area contributed by atoms with Crippen molar-refractivity contribution < 1.29 is 18.7 Å². The number of methoxy groups -OCH3 is 2. The van der Waals surface area contributed by atoms with Crippen molar-refractivity contribution in [3.8, 4) is 17.2 Å². The fraction of sp³-hybridized carbons (Fsp3) is 0.292. The van der Waals surface area contributed by atoms with Crippen molar-refractivity contribution >= 4 is 22.9 Å². The van der Waals surface area contributed by atoms with Crippen LogP contribution in [0.4, 0.5) is 10.2 Å². The zero-order valence-electron chi connectivity index (χ0n) is 19.4. The first-order chi connectivity index (χ1) is 17.1. The molecule has 180 valence electrons. The van der Waals surface area contributed by atoms with Crippen LogP contribution < -0.4 is 14.4 Å². The van der Waals surface area contributed by atoms with Crippen molar-refractivity contribution in [2.24, 2.45) is 0 Å². The van der Waals surface area contributed by atoms with Crippen molar-refractivity contribution in [2.75, 3.05) is 45.3 Å². The third-order valence-electron chi connectivity index (χ3n) is 6.01. The number of carbonyl (C=O) groups excluding carboxylic acids is 1. The highest BCUT2D eigenvalue weighted by Gasteiger charge is 2.25. The lowest BCUT2D eigenvalue weighted by atomic mass is 10.1. The first kappa shape index (κ1) is 22.5. The van der Waals surface area contributed by atoms with Gasteiger partial charge in [-0.2, -0.15) is 4.68 Å². The van der Waals surface area contributed by atoms with Crippen LogP contribution in [0, 0.1) is 5.82 Å². The highest BCUT2D eigenvalue weighted by atomic mass is 19.1. The number of hydrogen-bond donors (Lipinski definition) is 0. The van der Waals surface area contributed by atoms with Crippen LogP contribution in [0.25, 0.3) is 16.9 Å². The third-order valence-corrected chi connectivity index (χ3v) is 6.01. The van der Waals surface area contributed by atoms with E-state index in [4.69, 9.17) is 9.47 Å². The SMILES string of the molecule is COc1ccc(CC(=O)N2CCN(c3ncnc4c3nnn4-c3cccc(F)c3)CC2)cc1OC. The van der Waals surface area contributed by atoms with Gasteiger partial charge in [-0.25, -0.2) is 14.4 Å². The quantitative estimate of drug-likeness (QED) is 0.417. The van der Waals surface area contributed by atoms with Crippen LogP contribution in [0.2, 0.25) is 0 Å². The molecule has 1 fully saturated rings. The van der Waals surface area contributed by atoms with Gasteiger partial charge in [0.05, 0.1) is 26.3 Å². The van der Waals surface area contributed by atoms with Gasteiger partial charge in [0.1, 0.15) is 12.1 Å². The Morgan fingerprint density at radius 1 is 1.00 bits per heavy atom. The van der Waals surface area contributed by atoms with Gasteiger partial charge < -0.3 is 19.3 Å². The molecule has 3 heterocycles. The Bertz CT molecular complexity index is 1370. The average Bonchev–Trinajstić information content (AvgIpc) is 3.33. The van der Waals surface area contributed by atoms with E-state index in [1.165, 1.54) is 23.1 Å². The molecular weight excluding hydrogens is 453 g/mol. The molecule has 2 aromatic carbocycles. The fourth-order valence-corrected chi connectivity index (χ4v) is 4.19. The van der Waals surface area contributed by atoms with Crippen LogP contribution in [0.1, 0.15) is 5.56 Å². The zero-order valence-corrected chi connectivity index (χ0v) is 19.4. The molecule has 1 amide bonds. The molecule has 2 aromatic heterocycles. The van der Waals surface area contributed by atoms with Crippen molar-refractivity contribution in [2.45, 2.75) is 6.42 Å². The van der Waals surface area contributed by atoms with Gasteiger partial charge in [0.15, 0.2) is 28.5 Å². The number of carbonyl (C=O) groups is 1. The third kappa shape index (κ3) is 4.44. The minimum Gasteiger partial charge on any atom is -0.493 e. The van der Waals surface area contributed by atoms with Crippen LogP contribution in [0.5, 0.6) is 11.5 Å². The summed E-state index contributed by atoms with van der Waals surface area (Å²) in [4.78, 5) is 25.6. The molecule has 5 rings (SSSR count). The molecule has 1 aliphatic heterocycles. The molecule has 1 saturated heterocycles. The molecule has 0 aliphatic carbocycles. The summed E-state index contributed by atoms with van der Waals surface area (Å²) in [6.45, 7) is 2.29. The predicted octanol–water partition coefficient (Wildman–Crippen LogP) is 2.26. The largest absolute Gasteiger partial charge is 0.493 e. The minimum absolute atomic E-state index is 0.0433. The molecule has 11 heteroatoms. The second-order valence-corrected chi connectivity index (χ2v) is 8.08. The number of amides is 1. The fourth-order valence-electron chi connectivity index (χ4n) is 4.19. The molecule has 0 unspecified atom stereocenters. The highest BCUT2D eigenvalue weighted by Crippen LogP contribution is 2.28. The van der Waals surface area contributed by atoms with E-state index >= 15 is 0 Å². The van der Waals surface area contributed by atoms with Gasteiger partial charge in [-0.1, -0.05) is 17.3 Å². The topological polar surface area (TPSA) is 98.5 Å². The molecule has 0 N–H and O–H groups in total. The number of nitrogens with zero attached hydrogens (tertiary/aromatic N) is 7. The first-order valence-corrected chi connectivity index (χ1v) is 11.1. The second-order valence-electron chi connectivity index (χ2n) is 8.08. The number of fused-ring (bicyclic) bond motifs is 1. The summed E-state index contributed by atoms with van der Waals surface area (Å²) < 4.78 is 25.8. The van der Waals surface area contributed by atoms with Gasteiger partial charge in [-0.3, -0.25) is 4.79 Å². The van der Waals surface area contributed by atoms with Gasteiger partial charge in [0, 0.05) is 26.2 Å². The normalized spacial score (nSPS) is 13.8. The van der Waals surface area contributed by atoms with Crippen LogP contribution in [-0.2, 0) is 11.2 Å². The highest BCUT2D eigenvalue weighted by molar-refractivity contribution is 5.84. The molecule has 0 saturated carbocycles. The molecule has 0 spiro atoms.